The molecule has 1 aromatic rings. The summed E-state index contributed by atoms with van der Waals surface area (Å²) in [5, 5.41) is 19.9. The second kappa shape index (κ2) is 4.11. The molecule has 1 saturated heterocycles. The maximum absolute atomic E-state index is 10.0. The van der Waals surface area contributed by atoms with Crippen molar-refractivity contribution in [2.45, 2.75) is 31.9 Å². The van der Waals surface area contributed by atoms with Crippen molar-refractivity contribution in [1.82, 2.24) is 15.5 Å². The fourth-order valence-electron chi connectivity index (χ4n) is 2.05. The molecule has 1 aliphatic heterocycles. The summed E-state index contributed by atoms with van der Waals surface area (Å²) in [5.74, 6) is 0.697. The smallest absolute Gasteiger partial charge is 0.0973 e. The topological polar surface area (TPSA) is 60.9 Å². The first kappa shape index (κ1) is 9.68. The minimum atomic E-state index is -0.434. The minimum absolute atomic E-state index is 0.177. The van der Waals surface area contributed by atoms with Crippen molar-refractivity contribution in [3.8, 4) is 0 Å². The van der Waals surface area contributed by atoms with Crippen molar-refractivity contribution in [3.63, 3.8) is 0 Å². The average molecular weight is 195 g/mol. The van der Waals surface area contributed by atoms with E-state index in [1.54, 1.807) is 12.4 Å². The second-order valence-corrected chi connectivity index (χ2v) is 4.17. The molecule has 4 nitrogen and oxygen atoms in total. The van der Waals surface area contributed by atoms with Gasteiger partial charge in [-0.1, -0.05) is 6.92 Å². The zero-order valence-corrected chi connectivity index (χ0v) is 8.40. The fraction of sp³-hybridized carbons (Fsp3) is 0.700. The first-order valence-corrected chi connectivity index (χ1v) is 5.17. The number of hydrogen-bond acceptors (Lipinski definition) is 3. The molecular formula is C10H17N3O. The first-order chi connectivity index (χ1) is 6.77. The van der Waals surface area contributed by atoms with E-state index in [1.165, 1.54) is 6.42 Å². The summed E-state index contributed by atoms with van der Waals surface area (Å²) in [6, 6.07) is 0.177. The molecule has 2 heterocycles. The number of aliphatic hydroxyl groups excluding tert-OH is 1. The largest absolute Gasteiger partial charge is 0.387 e. The van der Waals surface area contributed by atoms with E-state index in [0.29, 0.717) is 5.92 Å². The Hall–Kier alpha value is -0.870. The number of nitrogens with one attached hydrogen (secondary N) is 2. The number of nitrogens with zero attached hydrogens (tertiary/aromatic N) is 1. The van der Waals surface area contributed by atoms with Crippen LogP contribution in [0, 0.1) is 5.92 Å². The van der Waals surface area contributed by atoms with Crippen LogP contribution in [-0.4, -0.2) is 27.9 Å². The predicted molar refractivity (Wildman–Crippen MR) is 53.7 cm³/mol. The van der Waals surface area contributed by atoms with Crippen LogP contribution in [0.25, 0.3) is 0 Å². The molecular weight excluding hydrogens is 178 g/mol. The number of hydrogen-bond donors (Lipinski definition) is 3. The zero-order chi connectivity index (χ0) is 9.97. The summed E-state index contributed by atoms with van der Waals surface area (Å²) in [6.45, 7) is 3.23. The molecule has 0 aromatic carbocycles. The Morgan fingerprint density at radius 3 is 3.14 bits per heavy atom. The lowest BCUT2D eigenvalue weighted by atomic mass is 9.89. The quantitative estimate of drug-likeness (QED) is 0.655. The van der Waals surface area contributed by atoms with Gasteiger partial charge in [-0.05, 0) is 25.3 Å². The van der Waals surface area contributed by atoms with Crippen molar-refractivity contribution in [2.24, 2.45) is 5.92 Å². The number of rotatable bonds is 2. The predicted octanol–water partition coefficient (Wildman–Crippen LogP) is 0.831. The maximum Gasteiger partial charge on any atom is 0.0973 e. The molecule has 1 fully saturated rings. The Labute approximate surface area is 83.7 Å². The fourth-order valence-corrected chi connectivity index (χ4v) is 2.05. The molecule has 0 radical (unpaired) electrons. The minimum Gasteiger partial charge on any atom is -0.387 e. The summed E-state index contributed by atoms with van der Waals surface area (Å²) in [7, 11) is 0. The third-order valence-corrected chi connectivity index (χ3v) is 2.94. The van der Waals surface area contributed by atoms with Gasteiger partial charge in [0.1, 0.15) is 0 Å². The number of aromatic amines is 1. The highest BCUT2D eigenvalue weighted by molar-refractivity contribution is 5.10. The van der Waals surface area contributed by atoms with Crippen molar-refractivity contribution in [3.05, 3.63) is 18.0 Å². The van der Waals surface area contributed by atoms with Gasteiger partial charge in [0, 0.05) is 17.8 Å². The molecule has 1 aromatic heterocycles. The maximum atomic E-state index is 10.0. The number of aliphatic hydroxyl groups is 1. The zero-order valence-electron chi connectivity index (χ0n) is 8.40. The van der Waals surface area contributed by atoms with Crippen molar-refractivity contribution in [1.29, 1.82) is 0 Å². The molecule has 0 bridgehead atoms. The van der Waals surface area contributed by atoms with Gasteiger partial charge in [0.15, 0.2) is 0 Å². The molecule has 3 atom stereocenters. The molecule has 3 unspecified atom stereocenters. The van der Waals surface area contributed by atoms with Crippen molar-refractivity contribution in [2.75, 3.05) is 6.54 Å². The van der Waals surface area contributed by atoms with E-state index in [2.05, 4.69) is 22.4 Å². The normalized spacial score (nSPS) is 30.1. The van der Waals surface area contributed by atoms with Crippen molar-refractivity contribution < 1.29 is 5.11 Å². The summed E-state index contributed by atoms with van der Waals surface area (Å²) in [5.41, 5.74) is 0.872. The van der Waals surface area contributed by atoms with Crippen LogP contribution in [-0.2, 0) is 0 Å². The lowest BCUT2D eigenvalue weighted by Crippen LogP contribution is -2.41. The lowest BCUT2D eigenvalue weighted by Gasteiger charge is -2.31. The van der Waals surface area contributed by atoms with Gasteiger partial charge in [0.05, 0.1) is 12.3 Å². The Morgan fingerprint density at radius 2 is 2.50 bits per heavy atom. The van der Waals surface area contributed by atoms with E-state index >= 15 is 0 Å². The Morgan fingerprint density at radius 1 is 1.64 bits per heavy atom. The Bertz CT molecular complexity index is 273. The van der Waals surface area contributed by atoms with Crippen LogP contribution in [0.2, 0.25) is 0 Å². The lowest BCUT2D eigenvalue weighted by molar-refractivity contribution is 0.101. The molecule has 14 heavy (non-hydrogen) atoms. The van der Waals surface area contributed by atoms with Gasteiger partial charge in [-0.15, -0.1) is 0 Å². The number of aromatic nitrogens is 2. The van der Waals surface area contributed by atoms with E-state index < -0.39 is 6.10 Å². The first-order valence-electron chi connectivity index (χ1n) is 5.17. The molecule has 0 aliphatic carbocycles. The van der Waals surface area contributed by atoms with Gasteiger partial charge in [-0.25, -0.2) is 0 Å². The molecule has 3 N–H and O–H groups in total. The Balaban J connectivity index is 2.00. The van der Waals surface area contributed by atoms with E-state index in [9.17, 15) is 5.11 Å². The van der Waals surface area contributed by atoms with E-state index in [0.717, 1.165) is 18.5 Å². The van der Waals surface area contributed by atoms with E-state index in [4.69, 9.17) is 0 Å². The summed E-state index contributed by atoms with van der Waals surface area (Å²) >= 11 is 0. The van der Waals surface area contributed by atoms with Gasteiger partial charge in [0.2, 0.25) is 0 Å². The molecule has 4 heteroatoms. The van der Waals surface area contributed by atoms with Gasteiger partial charge in [-0.2, -0.15) is 5.10 Å². The highest BCUT2D eigenvalue weighted by Crippen LogP contribution is 2.24. The molecule has 0 spiro atoms. The third kappa shape index (κ3) is 1.96. The summed E-state index contributed by atoms with van der Waals surface area (Å²) in [6.07, 6.45) is 5.24. The average Bonchev–Trinajstić information content (AvgIpc) is 2.69. The second-order valence-electron chi connectivity index (χ2n) is 4.17. The van der Waals surface area contributed by atoms with Crippen LogP contribution >= 0.6 is 0 Å². The van der Waals surface area contributed by atoms with Crippen LogP contribution in [0.15, 0.2) is 12.4 Å². The van der Waals surface area contributed by atoms with Crippen LogP contribution in [0.4, 0.5) is 0 Å². The molecule has 0 amide bonds. The number of H-pyrrole nitrogens is 1. The molecule has 1 aliphatic rings. The molecule has 78 valence electrons. The SMILES string of the molecule is CC1CCNC(C(O)c2cn[nH]c2)C1. The molecule has 0 saturated carbocycles. The van der Waals surface area contributed by atoms with Crippen molar-refractivity contribution >= 4 is 0 Å². The van der Waals surface area contributed by atoms with Crippen LogP contribution in [0.1, 0.15) is 31.4 Å². The summed E-state index contributed by atoms with van der Waals surface area (Å²) < 4.78 is 0. The highest BCUT2D eigenvalue weighted by Gasteiger charge is 2.26. The monoisotopic (exact) mass is 195 g/mol. The highest BCUT2D eigenvalue weighted by atomic mass is 16.3. The Kier molecular flexibility index (Phi) is 2.84. The van der Waals surface area contributed by atoms with Crippen LogP contribution in [0.3, 0.4) is 0 Å². The summed E-state index contributed by atoms with van der Waals surface area (Å²) in [4.78, 5) is 0. The van der Waals surface area contributed by atoms with Gasteiger partial charge in [-0.3, -0.25) is 5.10 Å². The van der Waals surface area contributed by atoms with E-state index in [-0.39, 0.29) is 6.04 Å². The third-order valence-electron chi connectivity index (χ3n) is 2.94. The van der Waals surface area contributed by atoms with Crippen LogP contribution in [0.5, 0.6) is 0 Å². The van der Waals surface area contributed by atoms with Crippen LogP contribution < -0.4 is 5.32 Å². The number of piperidine rings is 1. The standard InChI is InChI=1S/C10H17N3O/c1-7-2-3-11-9(4-7)10(14)8-5-12-13-6-8/h5-7,9-11,14H,2-4H2,1H3,(H,12,13). The molecule has 2 rings (SSSR count). The van der Waals surface area contributed by atoms with Gasteiger partial charge in [0.25, 0.3) is 0 Å². The van der Waals surface area contributed by atoms with E-state index in [1.807, 2.05) is 0 Å². The van der Waals surface area contributed by atoms with Gasteiger partial charge < -0.3 is 10.4 Å². The van der Waals surface area contributed by atoms with Gasteiger partial charge >= 0.3 is 0 Å².